The van der Waals surface area contributed by atoms with Crippen molar-refractivity contribution < 1.29 is 14.6 Å². The van der Waals surface area contributed by atoms with E-state index >= 15 is 0 Å². The molecule has 0 aliphatic carbocycles. The van der Waals surface area contributed by atoms with Gasteiger partial charge in [0.15, 0.2) is 0 Å². The Kier molecular flexibility index (Phi) is 12.7. The van der Waals surface area contributed by atoms with Gasteiger partial charge in [0.2, 0.25) is 0 Å². The van der Waals surface area contributed by atoms with Crippen molar-refractivity contribution in [3.63, 3.8) is 0 Å². The lowest BCUT2D eigenvalue weighted by molar-refractivity contribution is 0.0696. The van der Waals surface area contributed by atoms with Crippen molar-refractivity contribution in [3.8, 4) is 5.75 Å². The number of carbonyl (C=O) groups is 1. The van der Waals surface area contributed by atoms with Crippen molar-refractivity contribution >= 4 is 5.97 Å². The van der Waals surface area contributed by atoms with Crippen LogP contribution in [0.25, 0.3) is 0 Å². The van der Waals surface area contributed by atoms with Gasteiger partial charge in [0, 0.05) is 0 Å². The van der Waals surface area contributed by atoms with Gasteiger partial charge in [-0.3, -0.25) is 0 Å². The number of carboxylic acids is 1. The lowest BCUT2D eigenvalue weighted by Gasteiger charge is -2.26. The van der Waals surface area contributed by atoms with Gasteiger partial charge in [-0.25, -0.2) is 4.79 Å². The second kappa shape index (κ2) is 14.5. The highest BCUT2D eigenvalue weighted by Crippen LogP contribution is 2.24. The van der Waals surface area contributed by atoms with E-state index in [1.807, 2.05) is 0 Å². The maximum atomic E-state index is 10.9. The molecule has 0 aliphatic heterocycles. The Morgan fingerprint density at radius 1 is 0.786 bits per heavy atom. The van der Waals surface area contributed by atoms with E-state index in [4.69, 9.17) is 9.84 Å². The zero-order valence-electron chi connectivity index (χ0n) is 18.5. The second-order valence-corrected chi connectivity index (χ2v) is 8.68. The maximum absolute atomic E-state index is 10.9. The van der Waals surface area contributed by atoms with Crippen molar-refractivity contribution in [2.45, 2.75) is 116 Å². The number of rotatable bonds is 17. The van der Waals surface area contributed by atoms with Crippen molar-refractivity contribution in [2.24, 2.45) is 0 Å². The third-order valence-corrected chi connectivity index (χ3v) is 5.38. The molecule has 0 amide bonds. The molecule has 0 aromatic heterocycles. The summed E-state index contributed by atoms with van der Waals surface area (Å²) in [6.45, 7) is 6.49. The van der Waals surface area contributed by atoms with Gasteiger partial charge in [-0.1, -0.05) is 84.0 Å². The van der Waals surface area contributed by atoms with Crippen molar-refractivity contribution in [2.75, 3.05) is 0 Å². The first-order valence-corrected chi connectivity index (χ1v) is 11.5. The normalized spacial score (nSPS) is 11.5. The summed E-state index contributed by atoms with van der Waals surface area (Å²) in [5.74, 6) is -0.164. The van der Waals surface area contributed by atoms with Gasteiger partial charge in [-0.2, -0.15) is 0 Å². The monoisotopic (exact) mass is 390 g/mol. The summed E-state index contributed by atoms with van der Waals surface area (Å²) < 4.78 is 6.05. The number of carboxylic acid groups (broad SMARTS) is 1. The lowest BCUT2D eigenvalue weighted by Crippen LogP contribution is -2.28. The largest absolute Gasteiger partial charge is 0.488 e. The molecule has 0 bridgehead atoms. The summed E-state index contributed by atoms with van der Waals surface area (Å²) >= 11 is 0. The number of ether oxygens (including phenoxy) is 1. The maximum Gasteiger partial charge on any atom is 0.335 e. The fourth-order valence-electron chi connectivity index (χ4n) is 3.60. The van der Waals surface area contributed by atoms with E-state index < -0.39 is 5.97 Å². The van der Waals surface area contributed by atoms with Gasteiger partial charge in [0.05, 0.1) is 5.56 Å². The number of aromatic carboxylic acids is 1. The third-order valence-electron chi connectivity index (χ3n) is 5.38. The Balaban J connectivity index is 2.02. The molecule has 0 atom stereocenters. The van der Waals surface area contributed by atoms with E-state index in [9.17, 15) is 4.79 Å². The van der Waals surface area contributed by atoms with E-state index in [1.54, 1.807) is 24.3 Å². The molecule has 0 unspecified atom stereocenters. The minimum atomic E-state index is -0.905. The molecule has 0 spiro atoms. The molecule has 3 heteroatoms. The molecular weight excluding hydrogens is 348 g/mol. The Morgan fingerprint density at radius 2 is 1.21 bits per heavy atom. The number of unbranched alkanes of at least 4 members (excludes halogenated alkanes) is 12. The first-order valence-electron chi connectivity index (χ1n) is 11.5. The Morgan fingerprint density at radius 3 is 1.64 bits per heavy atom. The molecule has 28 heavy (non-hydrogen) atoms. The van der Waals surface area contributed by atoms with Crippen LogP contribution >= 0.6 is 0 Å². The molecule has 160 valence electrons. The summed E-state index contributed by atoms with van der Waals surface area (Å²) in [5, 5.41) is 8.95. The Hall–Kier alpha value is -1.51. The van der Waals surface area contributed by atoms with Gasteiger partial charge in [0.1, 0.15) is 11.4 Å². The van der Waals surface area contributed by atoms with Crippen LogP contribution in [0.1, 0.15) is 121 Å². The highest BCUT2D eigenvalue weighted by molar-refractivity contribution is 5.87. The minimum Gasteiger partial charge on any atom is -0.488 e. The number of hydrogen-bond donors (Lipinski definition) is 1. The van der Waals surface area contributed by atoms with Crippen LogP contribution in [-0.4, -0.2) is 16.7 Å². The first kappa shape index (κ1) is 24.5. The molecule has 1 rings (SSSR count). The zero-order chi connectivity index (χ0) is 20.7. The predicted octanol–water partition coefficient (Wildman–Crippen LogP) is 8.02. The first-order chi connectivity index (χ1) is 13.4. The molecule has 1 N–H and O–H groups in total. The molecule has 0 saturated heterocycles. The van der Waals surface area contributed by atoms with E-state index in [2.05, 4.69) is 20.8 Å². The summed E-state index contributed by atoms with van der Waals surface area (Å²) in [6, 6.07) is 6.68. The third kappa shape index (κ3) is 12.0. The highest BCUT2D eigenvalue weighted by atomic mass is 16.5. The van der Waals surface area contributed by atoms with E-state index in [0.29, 0.717) is 5.56 Å². The van der Waals surface area contributed by atoms with Crippen LogP contribution in [0.4, 0.5) is 0 Å². The van der Waals surface area contributed by atoms with Crippen molar-refractivity contribution in [3.05, 3.63) is 29.8 Å². The summed E-state index contributed by atoms with van der Waals surface area (Å²) in [4.78, 5) is 10.9. The van der Waals surface area contributed by atoms with E-state index in [0.717, 1.165) is 12.2 Å². The molecule has 0 radical (unpaired) electrons. The van der Waals surface area contributed by atoms with Crippen molar-refractivity contribution in [1.29, 1.82) is 0 Å². The molecule has 3 nitrogen and oxygen atoms in total. The van der Waals surface area contributed by atoms with E-state index in [-0.39, 0.29) is 5.60 Å². The topological polar surface area (TPSA) is 46.5 Å². The van der Waals surface area contributed by atoms with Crippen molar-refractivity contribution in [1.82, 2.24) is 0 Å². The molecule has 0 heterocycles. The van der Waals surface area contributed by atoms with Gasteiger partial charge >= 0.3 is 5.97 Å². The lowest BCUT2D eigenvalue weighted by atomic mass is 9.98. The SMILES string of the molecule is CCCCCCCCCCCCCCCC(C)(C)Oc1ccc(C(=O)O)cc1. The van der Waals surface area contributed by atoms with Gasteiger partial charge in [0.25, 0.3) is 0 Å². The van der Waals surface area contributed by atoms with Crippen LogP contribution in [-0.2, 0) is 0 Å². The van der Waals surface area contributed by atoms with Crippen LogP contribution in [0.2, 0.25) is 0 Å². The summed E-state index contributed by atoms with van der Waals surface area (Å²) in [6.07, 6.45) is 18.8. The van der Waals surface area contributed by atoms with Crippen LogP contribution in [0.15, 0.2) is 24.3 Å². The van der Waals surface area contributed by atoms with Crippen LogP contribution in [0.5, 0.6) is 5.75 Å². The van der Waals surface area contributed by atoms with Gasteiger partial charge < -0.3 is 9.84 Å². The van der Waals surface area contributed by atoms with Crippen LogP contribution in [0, 0.1) is 0 Å². The predicted molar refractivity (Wildman–Crippen MR) is 118 cm³/mol. The quantitative estimate of drug-likeness (QED) is 0.274. The van der Waals surface area contributed by atoms with Gasteiger partial charge in [-0.15, -0.1) is 0 Å². The second-order valence-electron chi connectivity index (χ2n) is 8.68. The summed E-state index contributed by atoms with van der Waals surface area (Å²) in [7, 11) is 0. The minimum absolute atomic E-state index is 0.220. The van der Waals surface area contributed by atoms with Gasteiger partial charge in [-0.05, 0) is 51.0 Å². The molecule has 1 aromatic carbocycles. The summed E-state index contributed by atoms with van der Waals surface area (Å²) in [5.41, 5.74) is 0.0735. The standard InChI is InChI=1S/C25H42O3/c1-4-5-6-7-8-9-10-11-12-13-14-15-16-21-25(2,3)28-23-19-17-22(18-20-23)24(26)27/h17-20H,4-16,21H2,1-3H3,(H,26,27). The number of hydrogen-bond acceptors (Lipinski definition) is 2. The molecular formula is C25H42O3. The van der Waals surface area contributed by atoms with Crippen LogP contribution < -0.4 is 4.74 Å². The molecule has 1 aromatic rings. The smallest absolute Gasteiger partial charge is 0.335 e. The average molecular weight is 391 g/mol. The Labute approximate surface area is 172 Å². The van der Waals surface area contributed by atoms with Crippen LogP contribution in [0.3, 0.4) is 0 Å². The average Bonchev–Trinajstić information content (AvgIpc) is 2.65. The van der Waals surface area contributed by atoms with E-state index in [1.165, 1.54) is 83.5 Å². The highest BCUT2D eigenvalue weighted by Gasteiger charge is 2.19. The fourth-order valence-corrected chi connectivity index (χ4v) is 3.60. The zero-order valence-corrected chi connectivity index (χ0v) is 18.5. The molecule has 0 aliphatic rings. The molecule has 0 saturated carbocycles. The molecule has 0 fully saturated rings. The fraction of sp³-hybridized carbons (Fsp3) is 0.720. The Bertz CT molecular complexity index is 519. The number of benzene rings is 1.